The van der Waals surface area contributed by atoms with Crippen LogP contribution in [0.25, 0.3) is 100 Å². The van der Waals surface area contributed by atoms with E-state index in [1.807, 2.05) is 60.7 Å². The van der Waals surface area contributed by atoms with Gasteiger partial charge in [0.25, 0.3) is 0 Å². The maximum Gasteiger partial charge on any atom is 0.164 e. The topological polar surface area (TPSA) is 48.5 Å². The molecule has 0 radical (unpaired) electrons. The molecule has 262 valence electrons. The highest BCUT2D eigenvalue weighted by molar-refractivity contribution is 6.12. The van der Waals surface area contributed by atoms with Crippen LogP contribution < -0.4 is 0 Å². The Kier molecular flexibility index (Phi) is 7.42. The zero-order valence-electron chi connectivity index (χ0n) is 30.3. The molecular weight excluding hydrogens is 683 g/mol. The first-order valence-electron chi connectivity index (χ1n) is 18.9. The molecule has 11 aromatic rings. The smallest absolute Gasteiger partial charge is 0.164 e. The Morgan fingerprint density at radius 3 is 1.09 bits per heavy atom. The molecule has 0 saturated heterocycles. The molecule has 0 saturated carbocycles. The average molecular weight is 716 g/mol. The second kappa shape index (κ2) is 13.0. The zero-order valence-corrected chi connectivity index (χ0v) is 30.3. The van der Waals surface area contributed by atoms with E-state index in [0.717, 1.165) is 39.2 Å². The predicted octanol–water partition coefficient (Wildman–Crippen LogP) is 12.7. The molecule has 0 amide bonds. The van der Waals surface area contributed by atoms with Crippen LogP contribution in [0.1, 0.15) is 0 Å². The van der Waals surface area contributed by atoms with E-state index >= 15 is 0 Å². The predicted molar refractivity (Wildman–Crippen MR) is 230 cm³/mol. The van der Waals surface area contributed by atoms with E-state index in [2.05, 4.69) is 149 Å². The van der Waals surface area contributed by atoms with Gasteiger partial charge in [0, 0.05) is 49.6 Å². The lowest BCUT2D eigenvalue weighted by molar-refractivity contribution is 1.07. The number of para-hydroxylation sites is 3. The van der Waals surface area contributed by atoms with Gasteiger partial charge in [0.1, 0.15) is 0 Å². The fourth-order valence-electron chi connectivity index (χ4n) is 8.13. The molecule has 0 bridgehead atoms. The van der Waals surface area contributed by atoms with Crippen molar-refractivity contribution < 1.29 is 0 Å². The number of fused-ring (bicyclic) bond motifs is 6. The third-order valence-corrected chi connectivity index (χ3v) is 10.8. The minimum Gasteiger partial charge on any atom is -0.309 e. The quantitative estimate of drug-likeness (QED) is 0.172. The van der Waals surface area contributed by atoms with Crippen molar-refractivity contribution in [3.8, 4) is 56.7 Å². The minimum absolute atomic E-state index is 0.646. The SMILES string of the molecule is c1ccc(-c2nc(-c3ccccc3)nc(-c3ccc(-c4ccc(-n5c6ccccc6c6cc(-n7c8ccccc8c8ccccc87)ccc65)cc4)cc3)n2)cc1. The Hall–Kier alpha value is -7.63. The zero-order chi connectivity index (χ0) is 37.0. The van der Waals surface area contributed by atoms with Gasteiger partial charge in [0.15, 0.2) is 17.5 Å². The van der Waals surface area contributed by atoms with Gasteiger partial charge in [0.05, 0.1) is 22.1 Å². The van der Waals surface area contributed by atoms with Crippen LogP contribution in [0.15, 0.2) is 200 Å². The minimum atomic E-state index is 0.646. The molecule has 5 nitrogen and oxygen atoms in total. The van der Waals surface area contributed by atoms with E-state index < -0.39 is 0 Å². The normalized spacial score (nSPS) is 11.6. The third kappa shape index (κ3) is 5.29. The van der Waals surface area contributed by atoms with Crippen LogP contribution >= 0.6 is 0 Å². The maximum atomic E-state index is 4.91. The van der Waals surface area contributed by atoms with Gasteiger partial charge in [-0.3, -0.25) is 0 Å². The molecule has 11 rings (SSSR count). The van der Waals surface area contributed by atoms with Crippen molar-refractivity contribution in [2.24, 2.45) is 0 Å². The van der Waals surface area contributed by atoms with Crippen molar-refractivity contribution >= 4 is 43.6 Å². The van der Waals surface area contributed by atoms with Crippen LogP contribution in [-0.4, -0.2) is 24.1 Å². The van der Waals surface area contributed by atoms with Crippen LogP contribution in [-0.2, 0) is 0 Å². The van der Waals surface area contributed by atoms with Crippen LogP contribution in [0.3, 0.4) is 0 Å². The summed E-state index contributed by atoms with van der Waals surface area (Å²) < 4.78 is 4.77. The summed E-state index contributed by atoms with van der Waals surface area (Å²) in [5.74, 6) is 1.96. The molecule has 3 aromatic heterocycles. The first-order chi connectivity index (χ1) is 27.8. The monoisotopic (exact) mass is 715 g/mol. The van der Waals surface area contributed by atoms with Gasteiger partial charge in [-0.15, -0.1) is 0 Å². The Labute approximate surface area is 323 Å². The summed E-state index contributed by atoms with van der Waals surface area (Å²) in [6, 6.07) is 70.5. The van der Waals surface area contributed by atoms with E-state index in [4.69, 9.17) is 15.0 Å². The van der Waals surface area contributed by atoms with Gasteiger partial charge in [-0.25, -0.2) is 15.0 Å². The number of nitrogens with zero attached hydrogens (tertiary/aromatic N) is 5. The molecule has 0 fully saturated rings. The number of rotatable bonds is 6. The van der Waals surface area contributed by atoms with Crippen molar-refractivity contribution in [1.29, 1.82) is 0 Å². The molecule has 3 heterocycles. The molecule has 0 atom stereocenters. The standard InChI is InChI=1S/C51H33N5/c1-3-13-36(14-4-1)49-52-50(37-15-5-2-6-16-37)54-51(53-49)38-25-23-34(24-26-38)35-27-29-39(30-28-35)55-47-22-12-9-19-43(47)44-33-40(31-32-48(44)55)56-45-20-10-7-17-41(45)42-18-8-11-21-46(42)56/h1-33H. The molecule has 0 aliphatic heterocycles. The highest BCUT2D eigenvalue weighted by Gasteiger charge is 2.17. The summed E-state index contributed by atoms with van der Waals surface area (Å²) in [4.78, 5) is 14.7. The molecule has 0 unspecified atom stereocenters. The molecule has 8 aromatic carbocycles. The van der Waals surface area contributed by atoms with Crippen molar-refractivity contribution in [3.05, 3.63) is 200 Å². The number of hydrogen-bond acceptors (Lipinski definition) is 3. The van der Waals surface area contributed by atoms with E-state index in [0.29, 0.717) is 17.5 Å². The van der Waals surface area contributed by atoms with E-state index in [1.165, 1.54) is 43.6 Å². The number of hydrogen-bond donors (Lipinski definition) is 0. The lowest BCUT2D eigenvalue weighted by atomic mass is 10.0. The first kappa shape index (κ1) is 31.9. The number of benzene rings is 8. The summed E-state index contributed by atoms with van der Waals surface area (Å²) in [5.41, 5.74) is 12.2. The van der Waals surface area contributed by atoms with Gasteiger partial charge < -0.3 is 9.13 Å². The Morgan fingerprint density at radius 2 is 0.589 bits per heavy atom. The second-order valence-corrected chi connectivity index (χ2v) is 14.1. The first-order valence-corrected chi connectivity index (χ1v) is 18.9. The van der Waals surface area contributed by atoms with Crippen molar-refractivity contribution in [1.82, 2.24) is 24.1 Å². The maximum absolute atomic E-state index is 4.91. The number of aromatic nitrogens is 5. The summed E-state index contributed by atoms with van der Waals surface area (Å²) in [5, 5.41) is 4.98. The lowest BCUT2D eigenvalue weighted by Crippen LogP contribution is -2.00. The second-order valence-electron chi connectivity index (χ2n) is 14.1. The van der Waals surface area contributed by atoms with E-state index in [9.17, 15) is 0 Å². The van der Waals surface area contributed by atoms with Crippen LogP contribution in [0.2, 0.25) is 0 Å². The van der Waals surface area contributed by atoms with Gasteiger partial charge in [-0.2, -0.15) is 0 Å². The van der Waals surface area contributed by atoms with E-state index in [1.54, 1.807) is 0 Å². The fraction of sp³-hybridized carbons (Fsp3) is 0. The Balaban J connectivity index is 0.953. The summed E-state index contributed by atoms with van der Waals surface area (Å²) in [6.07, 6.45) is 0. The van der Waals surface area contributed by atoms with Gasteiger partial charge >= 0.3 is 0 Å². The summed E-state index contributed by atoms with van der Waals surface area (Å²) in [6.45, 7) is 0. The van der Waals surface area contributed by atoms with Crippen LogP contribution in [0.5, 0.6) is 0 Å². The van der Waals surface area contributed by atoms with Crippen molar-refractivity contribution in [2.75, 3.05) is 0 Å². The van der Waals surface area contributed by atoms with Crippen LogP contribution in [0, 0.1) is 0 Å². The highest BCUT2D eigenvalue weighted by Crippen LogP contribution is 2.37. The van der Waals surface area contributed by atoms with Crippen molar-refractivity contribution in [2.45, 2.75) is 0 Å². The molecule has 56 heavy (non-hydrogen) atoms. The van der Waals surface area contributed by atoms with Gasteiger partial charge in [-0.1, -0.05) is 152 Å². The summed E-state index contributed by atoms with van der Waals surface area (Å²) in [7, 11) is 0. The molecule has 5 heteroatoms. The fourth-order valence-corrected chi connectivity index (χ4v) is 8.13. The Bertz CT molecular complexity index is 3100. The average Bonchev–Trinajstić information content (AvgIpc) is 3.79. The molecule has 0 N–H and O–H groups in total. The molecule has 0 spiro atoms. The summed E-state index contributed by atoms with van der Waals surface area (Å²) >= 11 is 0. The van der Waals surface area contributed by atoms with Crippen molar-refractivity contribution in [3.63, 3.8) is 0 Å². The Morgan fingerprint density at radius 1 is 0.250 bits per heavy atom. The van der Waals surface area contributed by atoms with E-state index in [-0.39, 0.29) is 0 Å². The molecule has 0 aliphatic carbocycles. The molecular formula is C51H33N5. The lowest BCUT2D eigenvalue weighted by Gasteiger charge is -2.11. The van der Waals surface area contributed by atoms with Gasteiger partial charge in [-0.05, 0) is 59.7 Å². The highest BCUT2D eigenvalue weighted by atomic mass is 15.0. The van der Waals surface area contributed by atoms with Gasteiger partial charge in [0.2, 0.25) is 0 Å². The van der Waals surface area contributed by atoms with Crippen LogP contribution in [0.4, 0.5) is 0 Å². The molecule has 0 aliphatic rings. The third-order valence-electron chi connectivity index (χ3n) is 10.8. The largest absolute Gasteiger partial charge is 0.309 e.